The van der Waals surface area contributed by atoms with E-state index in [1.165, 1.54) is 34.7 Å². The fourth-order valence-electron chi connectivity index (χ4n) is 4.20. The van der Waals surface area contributed by atoms with Gasteiger partial charge in [-0.1, -0.05) is 12.1 Å². The van der Waals surface area contributed by atoms with Crippen LogP contribution in [-0.4, -0.2) is 92.6 Å². The van der Waals surface area contributed by atoms with Crippen LogP contribution in [0.25, 0.3) is 11.3 Å². The van der Waals surface area contributed by atoms with Crippen molar-refractivity contribution in [3.63, 3.8) is 0 Å². The van der Waals surface area contributed by atoms with Gasteiger partial charge in [0.25, 0.3) is 0 Å². The molecule has 3 aromatic rings. The molecule has 1 aliphatic carbocycles. The SMILES string of the molecule is CC1=NN(c2ccc3c(c2)CCCC3)C(=O)C1=NNc1cccc(-c2ccc(C(=O)O)o2)c1O.[Na].[Na]. The number of furan rings is 1. The molecule has 0 saturated heterocycles. The second-order valence-electron chi connectivity index (χ2n) is 8.21. The van der Waals surface area contributed by atoms with Gasteiger partial charge in [0.1, 0.15) is 5.76 Å². The van der Waals surface area contributed by atoms with E-state index in [-0.39, 0.29) is 99.3 Å². The zero-order valence-electron chi connectivity index (χ0n) is 20.4. The Morgan fingerprint density at radius 3 is 2.56 bits per heavy atom. The molecule has 0 spiro atoms. The van der Waals surface area contributed by atoms with Gasteiger partial charge in [-0.15, -0.1) is 0 Å². The topological polar surface area (TPSA) is 128 Å². The Morgan fingerprint density at radius 2 is 1.83 bits per heavy atom. The number of aryl methyl sites for hydroxylation is 2. The number of carboxylic acids is 1. The van der Waals surface area contributed by atoms with Crippen LogP contribution < -0.4 is 10.4 Å². The quantitative estimate of drug-likeness (QED) is 0.277. The summed E-state index contributed by atoms with van der Waals surface area (Å²) in [5, 5.41) is 29.7. The first-order valence-corrected chi connectivity index (χ1v) is 10.9. The van der Waals surface area contributed by atoms with E-state index >= 15 is 0 Å². The number of anilines is 2. The fourth-order valence-corrected chi connectivity index (χ4v) is 4.20. The molecule has 1 aromatic heterocycles. The fraction of sp³-hybridized carbons (Fsp3) is 0.200. The van der Waals surface area contributed by atoms with Crippen molar-refractivity contribution in [2.45, 2.75) is 32.6 Å². The van der Waals surface area contributed by atoms with Gasteiger partial charge in [0.2, 0.25) is 5.76 Å². The summed E-state index contributed by atoms with van der Waals surface area (Å²) in [6.45, 7) is 1.70. The van der Waals surface area contributed by atoms with Gasteiger partial charge in [0.15, 0.2) is 11.5 Å². The zero-order valence-corrected chi connectivity index (χ0v) is 24.4. The second-order valence-corrected chi connectivity index (χ2v) is 8.21. The van der Waals surface area contributed by atoms with Crippen LogP contribution in [0, 0.1) is 0 Å². The van der Waals surface area contributed by atoms with Crippen LogP contribution in [0.15, 0.2) is 63.2 Å². The van der Waals surface area contributed by atoms with E-state index in [0.717, 1.165) is 19.3 Å². The van der Waals surface area contributed by atoms with Crippen LogP contribution in [0.3, 0.4) is 0 Å². The average Bonchev–Trinajstić information content (AvgIpc) is 3.43. The van der Waals surface area contributed by atoms with E-state index in [0.29, 0.717) is 11.4 Å². The number of amides is 1. The number of hydrogen-bond acceptors (Lipinski definition) is 7. The molecule has 2 aromatic carbocycles. The van der Waals surface area contributed by atoms with Crippen molar-refractivity contribution in [1.82, 2.24) is 0 Å². The number of carboxylic acid groups (broad SMARTS) is 1. The largest absolute Gasteiger partial charge is 0.505 e. The third-order valence-corrected chi connectivity index (χ3v) is 5.97. The number of aromatic carboxylic acids is 1. The zero-order chi connectivity index (χ0) is 23.8. The van der Waals surface area contributed by atoms with Crippen molar-refractivity contribution in [2.24, 2.45) is 10.2 Å². The molecule has 2 heterocycles. The van der Waals surface area contributed by atoms with E-state index in [9.17, 15) is 14.7 Å². The number of aromatic hydroxyl groups is 1. The van der Waals surface area contributed by atoms with Gasteiger partial charge >= 0.3 is 11.9 Å². The number of para-hydroxylation sites is 1. The number of phenolic OH excluding ortho intramolecular Hbond substituents is 1. The second kappa shape index (κ2) is 11.8. The van der Waals surface area contributed by atoms with Gasteiger partial charge in [0.05, 0.1) is 22.6 Å². The Morgan fingerprint density at radius 1 is 1.08 bits per heavy atom. The third kappa shape index (κ3) is 5.46. The smallest absolute Gasteiger partial charge is 0.371 e. The summed E-state index contributed by atoms with van der Waals surface area (Å²) < 4.78 is 5.28. The Balaban J connectivity index is 0.00000180. The van der Waals surface area contributed by atoms with Crippen molar-refractivity contribution in [2.75, 3.05) is 10.4 Å². The number of nitrogens with one attached hydrogen (secondary N) is 1. The number of nitrogens with zero attached hydrogens (tertiary/aromatic N) is 3. The van der Waals surface area contributed by atoms with Crippen LogP contribution in [0.2, 0.25) is 0 Å². The van der Waals surface area contributed by atoms with E-state index in [1.54, 1.807) is 25.1 Å². The third-order valence-electron chi connectivity index (χ3n) is 5.97. The van der Waals surface area contributed by atoms with Crippen LogP contribution in [0.1, 0.15) is 41.4 Å². The van der Waals surface area contributed by atoms with Gasteiger partial charge in [-0.2, -0.15) is 15.2 Å². The summed E-state index contributed by atoms with van der Waals surface area (Å²) in [4.78, 5) is 24.1. The maximum Gasteiger partial charge on any atom is 0.371 e. The number of hydrogen-bond donors (Lipinski definition) is 3. The van der Waals surface area contributed by atoms with E-state index in [2.05, 4.69) is 21.7 Å². The standard InChI is InChI=1S/C25H22N4O5.2Na/c1-14-22(24(31)29(28-14)17-10-9-15-5-2-3-6-16(15)13-17)27-26-19-8-4-7-18(23(19)30)20-11-12-21(34-20)25(32)33;;/h4,7-13,26,30H,2-3,5-6H2,1H3,(H,32,33);;. The molecular formula is C25H22N4Na2O5. The van der Waals surface area contributed by atoms with Gasteiger partial charge in [-0.25, -0.2) is 4.79 Å². The molecule has 0 atom stereocenters. The molecule has 0 unspecified atom stereocenters. The summed E-state index contributed by atoms with van der Waals surface area (Å²) in [6, 6.07) is 13.6. The Kier molecular flexibility index (Phi) is 9.21. The first kappa shape index (κ1) is 28.2. The number of fused-ring (bicyclic) bond motifs is 1. The molecule has 1 amide bonds. The maximum absolute atomic E-state index is 13.1. The van der Waals surface area contributed by atoms with Crippen molar-refractivity contribution in [3.8, 4) is 17.1 Å². The first-order chi connectivity index (χ1) is 16.4. The van der Waals surface area contributed by atoms with Crippen LogP contribution in [0.4, 0.5) is 11.4 Å². The molecule has 2 aliphatic rings. The van der Waals surface area contributed by atoms with Gasteiger partial charge in [-0.3, -0.25) is 10.2 Å². The average molecular weight is 504 g/mol. The minimum atomic E-state index is -1.20. The van der Waals surface area contributed by atoms with Crippen LogP contribution in [0.5, 0.6) is 5.75 Å². The predicted octanol–water partition coefficient (Wildman–Crippen LogP) is 3.66. The minimum Gasteiger partial charge on any atom is -0.505 e. The molecule has 1 aliphatic heterocycles. The van der Waals surface area contributed by atoms with Gasteiger partial charge < -0.3 is 14.6 Å². The molecule has 0 fully saturated rings. The summed E-state index contributed by atoms with van der Waals surface area (Å²) in [5.41, 5.74) is 7.10. The van der Waals surface area contributed by atoms with Crippen LogP contribution in [-0.2, 0) is 17.6 Å². The molecule has 2 radical (unpaired) electrons. The maximum atomic E-state index is 13.1. The van der Waals surface area contributed by atoms with Crippen molar-refractivity contribution in [1.29, 1.82) is 0 Å². The number of carbonyl (C=O) groups excluding carboxylic acids is 1. The number of benzene rings is 2. The summed E-state index contributed by atoms with van der Waals surface area (Å²) >= 11 is 0. The van der Waals surface area contributed by atoms with Crippen molar-refractivity contribution < 1.29 is 24.2 Å². The van der Waals surface area contributed by atoms with E-state index in [4.69, 9.17) is 9.52 Å². The Hall–Kier alpha value is -2.40. The number of phenols is 1. The molecule has 174 valence electrons. The van der Waals surface area contributed by atoms with Gasteiger partial charge in [0, 0.05) is 59.1 Å². The summed E-state index contributed by atoms with van der Waals surface area (Å²) in [6.07, 6.45) is 4.38. The van der Waals surface area contributed by atoms with Crippen LogP contribution >= 0.6 is 0 Å². The normalized spacial score (nSPS) is 15.6. The monoisotopic (exact) mass is 504 g/mol. The summed E-state index contributed by atoms with van der Waals surface area (Å²) in [7, 11) is 0. The molecule has 36 heavy (non-hydrogen) atoms. The van der Waals surface area contributed by atoms with Crippen molar-refractivity contribution >= 4 is 93.8 Å². The van der Waals surface area contributed by atoms with Crippen molar-refractivity contribution in [3.05, 3.63) is 65.4 Å². The molecule has 9 nitrogen and oxygen atoms in total. The molecule has 0 saturated carbocycles. The number of carbonyl (C=O) groups is 2. The molecular weight excluding hydrogens is 482 g/mol. The molecule has 0 bridgehead atoms. The van der Waals surface area contributed by atoms with E-state index < -0.39 is 5.97 Å². The van der Waals surface area contributed by atoms with Gasteiger partial charge in [-0.05, 0) is 80.1 Å². The molecule has 5 rings (SSSR count). The first-order valence-electron chi connectivity index (χ1n) is 10.9. The molecule has 3 N–H and O–H groups in total. The predicted molar refractivity (Wildman–Crippen MR) is 139 cm³/mol. The molecule has 11 heteroatoms. The minimum absolute atomic E-state index is 0. The van der Waals surface area contributed by atoms with E-state index in [1.807, 2.05) is 12.1 Å². The summed E-state index contributed by atoms with van der Waals surface area (Å²) in [5.74, 6) is -1.80. The number of hydrazone groups is 2. The Labute approximate surface area is 251 Å². The number of rotatable bonds is 5. The Bertz CT molecular complexity index is 1380.